The Morgan fingerprint density at radius 1 is 1.45 bits per heavy atom. The van der Waals surface area contributed by atoms with Crippen molar-refractivity contribution >= 4 is 21.8 Å². The van der Waals surface area contributed by atoms with E-state index >= 15 is 0 Å². The van der Waals surface area contributed by atoms with Gasteiger partial charge in [-0.2, -0.15) is 0 Å². The SMILES string of the molecule is COCCNC(=O)CNCc1cc(Br)c2c(c1)OCO2. The second kappa shape index (κ2) is 7.47. The lowest BCUT2D eigenvalue weighted by molar-refractivity contribution is -0.120. The highest BCUT2D eigenvalue weighted by Crippen LogP contribution is 2.39. The highest BCUT2D eigenvalue weighted by Gasteiger charge is 2.17. The van der Waals surface area contributed by atoms with Gasteiger partial charge in [0.15, 0.2) is 11.5 Å². The van der Waals surface area contributed by atoms with Crippen molar-refractivity contribution in [3.05, 3.63) is 22.2 Å². The lowest BCUT2D eigenvalue weighted by atomic mass is 10.2. The molecule has 2 N–H and O–H groups in total. The molecule has 0 atom stereocenters. The molecule has 1 aliphatic rings. The summed E-state index contributed by atoms with van der Waals surface area (Å²) in [6.45, 7) is 2.11. The van der Waals surface area contributed by atoms with E-state index in [1.165, 1.54) is 0 Å². The largest absolute Gasteiger partial charge is 0.454 e. The van der Waals surface area contributed by atoms with Crippen molar-refractivity contribution in [3.63, 3.8) is 0 Å². The summed E-state index contributed by atoms with van der Waals surface area (Å²) in [4.78, 5) is 11.5. The standard InChI is InChI=1S/C13H17BrN2O4/c1-18-3-2-16-12(17)7-15-6-9-4-10(14)13-11(5-9)19-8-20-13/h4-5,15H,2-3,6-8H2,1H3,(H,16,17). The van der Waals surface area contributed by atoms with Crippen molar-refractivity contribution < 1.29 is 19.0 Å². The third-order valence-corrected chi connectivity index (χ3v) is 3.32. The zero-order chi connectivity index (χ0) is 14.4. The van der Waals surface area contributed by atoms with Gasteiger partial charge in [-0.3, -0.25) is 4.79 Å². The van der Waals surface area contributed by atoms with Crippen LogP contribution in [0.25, 0.3) is 0 Å². The molecule has 0 spiro atoms. The lowest BCUT2D eigenvalue weighted by Crippen LogP contribution is -2.35. The molecule has 0 aromatic heterocycles. The zero-order valence-electron chi connectivity index (χ0n) is 11.2. The Bertz CT molecular complexity index is 482. The van der Waals surface area contributed by atoms with E-state index in [9.17, 15) is 4.79 Å². The lowest BCUT2D eigenvalue weighted by Gasteiger charge is -2.08. The predicted octanol–water partition coefficient (Wildman–Crippen LogP) is 1.03. The molecule has 20 heavy (non-hydrogen) atoms. The van der Waals surface area contributed by atoms with Crippen molar-refractivity contribution in [2.45, 2.75) is 6.54 Å². The number of amides is 1. The fraction of sp³-hybridized carbons (Fsp3) is 0.462. The van der Waals surface area contributed by atoms with E-state index in [1.54, 1.807) is 7.11 Å². The summed E-state index contributed by atoms with van der Waals surface area (Å²) in [7, 11) is 1.60. The van der Waals surface area contributed by atoms with E-state index in [0.29, 0.717) is 19.7 Å². The number of halogens is 1. The molecule has 2 rings (SSSR count). The molecule has 0 saturated carbocycles. The van der Waals surface area contributed by atoms with Gasteiger partial charge < -0.3 is 24.8 Å². The average molecular weight is 345 g/mol. The first-order valence-electron chi connectivity index (χ1n) is 6.25. The molecule has 1 amide bonds. The Kier molecular flexibility index (Phi) is 5.63. The molecule has 0 aliphatic carbocycles. The minimum Gasteiger partial charge on any atom is -0.454 e. The summed E-state index contributed by atoms with van der Waals surface area (Å²) in [5, 5.41) is 5.82. The van der Waals surface area contributed by atoms with Crippen LogP contribution in [0.15, 0.2) is 16.6 Å². The van der Waals surface area contributed by atoms with Crippen LogP contribution in [0.3, 0.4) is 0 Å². The van der Waals surface area contributed by atoms with Crippen LogP contribution >= 0.6 is 15.9 Å². The summed E-state index contributed by atoms with van der Waals surface area (Å²) < 4.78 is 16.4. The number of ether oxygens (including phenoxy) is 3. The fourth-order valence-corrected chi connectivity index (χ4v) is 2.40. The van der Waals surface area contributed by atoms with E-state index in [-0.39, 0.29) is 19.2 Å². The van der Waals surface area contributed by atoms with Gasteiger partial charge >= 0.3 is 0 Å². The van der Waals surface area contributed by atoms with Crippen LogP contribution in [0, 0.1) is 0 Å². The normalized spacial score (nSPS) is 12.5. The molecule has 0 saturated heterocycles. The molecule has 1 heterocycles. The Balaban J connectivity index is 1.77. The number of methoxy groups -OCH3 is 1. The predicted molar refractivity (Wildman–Crippen MR) is 76.9 cm³/mol. The van der Waals surface area contributed by atoms with E-state index in [4.69, 9.17) is 14.2 Å². The third kappa shape index (κ3) is 4.09. The summed E-state index contributed by atoms with van der Waals surface area (Å²) in [5.74, 6) is 1.40. The van der Waals surface area contributed by atoms with Crippen molar-refractivity contribution in [2.24, 2.45) is 0 Å². The Labute approximate surface area is 125 Å². The number of nitrogens with one attached hydrogen (secondary N) is 2. The minimum atomic E-state index is -0.0538. The molecule has 1 aromatic rings. The van der Waals surface area contributed by atoms with Gasteiger partial charge in [0, 0.05) is 20.2 Å². The van der Waals surface area contributed by atoms with Crippen molar-refractivity contribution in [1.29, 1.82) is 0 Å². The van der Waals surface area contributed by atoms with Crippen molar-refractivity contribution in [1.82, 2.24) is 10.6 Å². The van der Waals surface area contributed by atoms with Gasteiger partial charge in [0.2, 0.25) is 12.7 Å². The summed E-state index contributed by atoms with van der Waals surface area (Å²) >= 11 is 3.44. The molecule has 0 radical (unpaired) electrons. The Morgan fingerprint density at radius 2 is 2.30 bits per heavy atom. The summed E-state index contributed by atoms with van der Waals surface area (Å²) in [6.07, 6.45) is 0. The molecule has 0 bridgehead atoms. The highest BCUT2D eigenvalue weighted by molar-refractivity contribution is 9.10. The molecule has 110 valence electrons. The molecule has 0 unspecified atom stereocenters. The van der Waals surface area contributed by atoms with Gasteiger partial charge in [0.25, 0.3) is 0 Å². The number of hydrogen-bond donors (Lipinski definition) is 2. The van der Waals surface area contributed by atoms with E-state index in [2.05, 4.69) is 26.6 Å². The second-order valence-corrected chi connectivity index (χ2v) is 5.11. The van der Waals surface area contributed by atoms with Crippen LogP contribution in [0.2, 0.25) is 0 Å². The van der Waals surface area contributed by atoms with Crippen LogP contribution in [0.4, 0.5) is 0 Å². The Hall–Kier alpha value is -1.31. The summed E-state index contributed by atoms with van der Waals surface area (Å²) in [6, 6.07) is 3.85. The van der Waals surface area contributed by atoms with Crippen molar-refractivity contribution in [2.75, 3.05) is 33.6 Å². The van der Waals surface area contributed by atoms with E-state index < -0.39 is 0 Å². The molecular formula is C13H17BrN2O4. The van der Waals surface area contributed by atoms with Crippen LogP contribution in [-0.2, 0) is 16.1 Å². The van der Waals surface area contributed by atoms with Crippen molar-refractivity contribution in [3.8, 4) is 11.5 Å². The quantitative estimate of drug-likeness (QED) is 0.723. The number of hydrogen-bond acceptors (Lipinski definition) is 5. The first kappa shape index (κ1) is 15.1. The maximum Gasteiger partial charge on any atom is 0.234 e. The van der Waals surface area contributed by atoms with Gasteiger partial charge in [-0.1, -0.05) is 0 Å². The van der Waals surface area contributed by atoms with E-state index in [1.807, 2.05) is 12.1 Å². The van der Waals surface area contributed by atoms with Crippen LogP contribution in [0.5, 0.6) is 11.5 Å². The first-order chi connectivity index (χ1) is 9.70. The van der Waals surface area contributed by atoms with Crippen LogP contribution in [-0.4, -0.2) is 39.5 Å². The number of fused-ring (bicyclic) bond motifs is 1. The number of rotatable bonds is 7. The van der Waals surface area contributed by atoms with Gasteiger partial charge in [-0.05, 0) is 33.6 Å². The van der Waals surface area contributed by atoms with E-state index in [0.717, 1.165) is 21.5 Å². The third-order valence-electron chi connectivity index (χ3n) is 2.73. The number of carbonyl (C=O) groups is 1. The maximum absolute atomic E-state index is 11.5. The minimum absolute atomic E-state index is 0.0538. The monoisotopic (exact) mass is 344 g/mol. The molecule has 0 fully saturated rings. The maximum atomic E-state index is 11.5. The van der Waals surface area contributed by atoms with Gasteiger partial charge in [-0.15, -0.1) is 0 Å². The van der Waals surface area contributed by atoms with Gasteiger partial charge in [0.1, 0.15) is 0 Å². The van der Waals surface area contributed by atoms with Gasteiger partial charge in [-0.25, -0.2) is 0 Å². The van der Waals surface area contributed by atoms with Crippen LogP contribution < -0.4 is 20.1 Å². The molecular weight excluding hydrogens is 328 g/mol. The number of carbonyl (C=O) groups excluding carboxylic acids is 1. The molecule has 7 heteroatoms. The molecule has 1 aliphatic heterocycles. The van der Waals surface area contributed by atoms with Gasteiger partial charge in [0.05, 0.1) is 17.6 Å². The Morgan fingerprint density at radius 3 is 3.10 bits per heavy atom. The zero-order valence-corrected chi connectivity index (χ0v) is 12.8. The highest BCUT2D eigenvalue weighted by atomic mass is 79.9. The average Bonchev–Trinajstić information content (AvgIpc) is 2.88. The topological polar surface area (TPSA) is 68.8 Å². The smallest absolute Gasteiger partial charge is 0.234 e. The second-order valence-electron chi connectivity index (χ2n) is 4.26. The molecule has 6 nitrogen and oxygen atoms in total. The van der Waals surface area contributed by atoms with Crippen LogP contribution in [0.1, 0.15) is 5.56 Å². The fourth-order valence-electron chi connectivity index (χ4n) is 1.80. The summed E-state index contributed by atoms with van der Waals surface area (Å²) in [5.41, 5.74) is 1.02. The first-order valence-corrected chi connectivity index (χ1v) is 7.04. The number of benzene rings is 1. The molecule has 1 aromatic carbocycles.